The maximum atomic E-state index is 12.7. The number of nitrogens with one attached hydrogen (secondary N) is 1. The molecule has 26 heavy (non-hydrogen) atoms. The minimum atomic E-state index is -0.898. The molecular weight excluding hydrogens is 332 g/mol. The smallest absolute Gasteiger partial charge is 0.331 e. The second-order valence-electron chi connectivity index (χ2n) is 6.40. The van der Waals surface area contributed by atoms with Crippen molar-refractivity contribution in [2.75, 3.05) is 14.2 Å². The van der Waals surface area contributed by atoms with E-state index in [-0.39, 0.29) is 5.69 Å². The summed E-state index contributed by atoms with van der Waals surface area (Å²) in [6.07, 6.45) is 1.25. The molecule has 1 aliphatic heterocycles. The van der Waals surface area contributed by atoms with Gasteiger partial charge in [-0.05, 0) is 37.3 Å². The Morgan fingerprint density at radius 1 is 1.08 bits per heavy atom. The molecule has 2 aromatic carbocycles. The Morgan fingerprint density at radius 3 is 2.54 bits per heavy atom. The number of hydrogen-bond donors (Lipinski definition) is 1. The van der Waals surface area contributed by atoms with E-state index in [0.717, 1.165) is 22.3 Å². The molecule has 0 saturated carbocycles. The molecule has 6 heteroatoms. The van der Waals surface area contributed by atoms with E-state index in [1.165, 1.54) is 0 Å². The summed E-state index contributed by atoms with van der Waals surface area (Å²) < 4.78 is 18.8. The molecule has 4 rings (SSSR count). The molecule has 1 atom stereocenters. The van der Waals surface area contributed by atoms with Crippen molar-refractivity contribution in [1.29, 1.82) is 0 Å². The summed E-state index contributed by atoms with van der Waals surface area (Å²) in [5.41, 5.74) is 2.04. The molecule has 1 aromatic heterocycles. The van der Waals surface area contributed by atoms with Crippen LogP contribution >= 0.6 is 0 Å². The monoisotopic (exact) mass is 352 g/mol. The fourth-order valence-corrected chi connectivity index (χ4v) is 3.54. The first-order chi connectivity index (χ1) is 12.6. The third-order valence-electron chi connectivity index (χ3n) is 4.64. The fraction of sp³-hybridized carbons (Fsp3) is 0.250. The number of ether oxygens (including phenoxy) is 3. The molecular formula is C20H20N2O4. The zero-order chi connectivity index (χ0) is 18.3. The van der Waals surface area contributed by atoms with Crippen LogP contribution in [0.25, 0.3) is 16.7 Å². The molecule has 3 aromatic rings. The van der Waals surface area contributed by atoms with Gasteiger partial charge in [-0.25, -0.2) is 4.79 Å². The first kappa shape index (κ1) is 16.6. The minimum Gasteiger partial charge on any atom is -0.477 e. The van der Waals surface area contributed by atoms with E-state index in [0.29, 0.717) is 5.75 Å². The average Bonchev–Trinajstić information content (AvgIpc) is 2.97. The molecule has 0 spiro atoms. The number of aromatic amines is 1. The topological polar surface area (TPSA) is 65.5 Å². The Hall–Kier alpha value is -2.83. The van der Waals surface area contributed by atoms with Crippen molar-refractivity contribution in [2.45, 2.75) is 18.8 Å². The third kappa shape index (κ3) is 2.46. The van der Waals surface area contributed by atoms with Gasteiger partial charge >= 0.3 is 5.69 Å². The van der Waals surface area contributed by atoms with Crippen LogP contribution in [0.15, 0.2) is 59.4 Å². The summed E-state index contributed by atoms with van der Waals surface area (Å²) in [7, 11) is 3.13. The molecule has 1 aliphatic rings. The van der Waals surface area contributed by atoms with E-state index in [1.54, 1.807) is 18.8 Å². The highest BCUT2D eigenvalue weighted by molar-refractivity contribution is 5.84. The van der Waals surface area contributed by atoms with E-state index in [1.807, 2.05) is 61.5 Å². The zero-order valence-corrected chi connectivity index (χ0v) is 14.9. The Labute approximate surface area is 150 Å². The van der Waals surface area contributed by atoms with Crippen molar-refractivity contribution >= 4 is 16.7 Å². The summed E-state index contributed by atoms with van der Waals surface area (Å²) in [6.45, 7) is 1.88. The van der Waals surface area contributed by atoms with Gasteiger partial charge in [-0.1, -0.05) is 24.3 Å². The molecule has 0 aliphatic carbocycles. The second kappa shape index (κ2) is 6.16. The fourth-order valence-electron chi connectivity index (χ4n) is 3.54. The molecule has 0 radical (unpaired) electrons. The zero-order valence-electron chi connectivity index (χ0n) is 14.9. The van der Waals surface area contributed by atoms with Crippen molar-refractivity contribution in [1.82, 2.24) is 9.55 Å². The molecule has 134 valence electrons. The van der Waals surface area contributed by atoms with Crippen LogP contribution in [0.5, 0.6) is 5.75 Å². The molecule has 0 saturated heterocycles. The van der Waals surface area contributed by atoms with Crippen LogP contribution in [0.3, 0.4) is 0 Å². The maximum Gasteiger partial charge on any atom is 0.331 e. The van der Waals surface area contributed by atoms with Crippen molar-refractivity contribution in [3.8, 4) is 5.75 Å². The second-order valence-corrected chi connectivity index (χ2v) is 6.40. The van der Waals surface area contributed by atoms with Crippen LogP contribution in [0.1, 0.15) is 12.5 Å². The Kier molecular flexibility index (Phi) is 3.94. The van der Waals surface area contributed by atoms with E-state index in [4.69, 9.17) is 14.2 Å². The summed E-state index contributed by atoms with van der Waals surface area (Å²) in [4.78, 5) is 15.6. The Balaban J connectivity index is 2.01. The number of aromatic nitrogens is 2. The number of para-hydroxylation sites is 3. The number of H-pyrrole nitrogens is 1. The van der Waals surface area contributed by atoms with Gasteiger partial charge in [0, 0.05) is 19.8 Å². The molecule has 1 unspecified atom stereocenters. The first-order valence-electron chi connectivity index (χ1n) is 8.34. The average molecular weight is 352 g/mol. The standard InChI is InChI=1S/C20H20N2O4/c1-20(18(24-2)25-3)12-16(13-8-4-7-11-17(13)26-20)22-15-10-6-5-9-14(15)21-19(22)23/h4-12,18H,1-3H3,(H,21,23). The Morgan fingerprint density at radius 2 is 1.77 bits per heavy atom. The largest absolute Gasteiger partial charge is 0.477 e. The number of methoxy groups -OCH3 is 2. The highest BCUT2D eigenvalue weighted by Crippen LogP contribution is 2.39. The van der Waals surface area contributed by atoms with Gasteiger partial charge in [0.2, 0.25) is 6.29 Å². The molecule has 1 N–H and O–H groups in total. The molecule has 0 fully saturated rings. The quantitative estimate of drug-likeness (QED) is 0.733. The lowest BCUT2D eigenvalue weighted by atomic mass is 9.96. The van der Waals surface area contributed by atoms with Crippen molar-refractivity contribution in [3.05, 3.63) is 70.7 Å². The van der Waals surface area contributed by atoms with Crippen LogP contribution in [0.4, 0.5) is 0 Å². The highest BCUT2D eigenvalue weighted by Gasteiger charge is 2.40. The van der Waals surface area contributed by atoms with Crippen LogP contribution < -0.4 is 10.4 Å². The lowest BCUT2D eigenvalue weighted by Gasteiger charge is -2.38. The predicted molar refractivity (Wildman–Crippen MR) is 99.2 cm³/mol. The Bertz CT molecular complexity index is 1050. The molecule has 0 amide bonds. The SMILES string of the molecule is COC(OC)C1(C)C=C(n2c(=O)[nH]c3ccccc32)c2ccccc2O1. The van der Waals surface area contributed by atoms with E-state index in [2.05, 4.69) is 4.98 Å². The normalized spacial score (nSPS) is 19.3. The van der Waals surface area contributed by atoms with Gasteiger partial charge in [-0.15, -0.1) is 0 Å². The molecule has 6 nitrogen and oxygen atoms in total. The lowest BCUT2D eigenvalue weighted by molar-refractivity contribution is -0.180. The summed E-state index contributed by atoms with van der Waals surface area (Å²) in [5, 5.41) is 0. The van der Waals surface area contributed by atoms with Gasteiger partial charge in [0.05, 0.1) is 16.7 Å². The van der Waals surface area contributed by atoms with E-state index in [9.17, 15) is 4.79 Å². The van der Waals surface area contributed by atoms with Gasteiger partial charge in [0.25, 0.3) is 0 Å². The van der Waals surface area contributed by atoms with Gasteiger partial charge in [0.1, 0.15) is 5.75 Å². The first-order valence-corrected chi connectivity index (χ1v) is 8.34. The summed E-state index contributed by atoms with van der Waals surface area (Å²) >= 11 is 0. The number of hydrogen-bond acceptors (Lipinski definition) is 4. The van der Waals surface area contributed by atoms with Gasteiger partial charge in [0.15, 0.2) is 5.60 Å². The predicted octanol–water partition coefficient (Wildman–Crippen LogP) is 2.99. The number of fused-ring (bicyclic) bond motifs is 2. The van der Waals surface area contributed by atoms with E-state index < -0.39 is 11.9 Å². The summed E-state index contributed by atoms with van der Waals surface area (Å²) in [6, 6.07) is 15.2. The van der Waals surface area contributed by atoms with Crippen molar-refractivity contribution in [2.24, 2.45) is 0 Å². The van der Waals surface area contributed by atoms with Gasteiger partial charge in [-0.3, -0.25) is 4.57 Å². The molecule has 2 heterocycles. The lowest BCUT2D eigenvalue weighted by Crippen LogP contribution is -2.47. The van der Waals surface area contributed by atoms with Crippen molar-refractivity contribution < 1.29 is 14.2 Å². The van der Waals surface area contributed by atoms with Crippen LogP contribution in [-0.4, -0.2) is 35.7 Å². The van der Waals surface area contributed by atoms with Crippen molar-refractivity contribution in [3.63, 3.8) is 0 Å². The third-order valence-corrected chi connectivity index (χ3v) is 4.64. The van der Waals surface area contributed by atoms with E-state index >= 15 is 0 Å². The number of rotatable bonds is 4. The number of nitrogens with zero attached hydrogens (tertiary/aromatic N) is 1. The van der Waals surface area contributed by atoms with Crippen LogP contribution in [0, 0.1) is 0 Å². The van der Waals surface area contributed by atoms with Crippen LogP contribution in [-0.2, 0) is 9.47 Å². The number of imidazole rings is 1. The van der Waals surface area contributed by atoms with Crippen LogP contribution in [0.2, 0.25) is 0 Å². The highest BCUT2D eigenvalue weighted by atomic mass is 16.7. The maximum absolute atomic E-state index is 12.7. The number of benzene rings is 2. The van der Waals surface area contributed by atoms with Gasteiger partial charge in [-0.2, -0.15) is 0 Å². The van der Waals surface area contributed by atoms with Gasteiger partial charge < -0.3 is 19.2 Å². The molecule has 0 bridgehead atoms. The minimum absolute atomic E-state index is 0.206. The summed E-state index contributed by atoms with van der Waals surface area (Å²) in [5.74, 6) is 0.670.